The Kier molecular flexibility index (Phi) is 4.92. The van der Waals surface area contributed by atoms with E-state index in [0.29, 0.717) is 23.0 Å². The Labute approximate surface area is 163 Å². The van der Waals surface area contributed by atoms with Gasteiger partial charge in [-0.2, -0.15) is 0 Å². The molecule has 0 radical (unpaired) electrons. The highest BCUT2D eigenvalue weighted by atomic mass is 16.6. The maximum Gasteiger partial charge on any atom is 0.338 e. The van der Waals surface area contributed by atoms with Crippen molar-refractivity contribution in [3.63, 3.8) is 0 Å². The third-order valence-electron chi connectivity index (χ3n) is 4.64. The molecule has 0 aliphatic carbocycles. The number of fused-ring (bicyclic) bond motifs is 1. The third-order valence-corrected chi connectivity index (χ3v) is 4.64. The number of aliphatic hydroxyl groups is 2. The zero-order valence-corrected chi connectivity index (χ0v) is 15.0. The molecule has 0 spiro atoms. The first-order chi connectivity index (χ1) is 14.0. The van der Waals surface area contributed by atoms with Gasteiger partial charge in [-0.05, 0) is 12.1 Å². The highest BCUT2D eigenvalue weighted by molar-refractivity contribution is 5.91. The van der Waals surface area contributed by atoms with E-state index in [1.807, 2.05) is 0 Å². The molecule has 4 rings (SSSR count). The number of esters is 1. The van der Waals surface area contributed by atoms with Crippen LogP contribution in [0.5, 0.6) is 0 Å². The highest BCUT2D eigenvalue weighted by Gasteiger charge is 2.45. The Hall–Kier alpha value is -3.41. The van der Waals surface area contributed by atoms with E-state index >= 15 is 0 Å². The van der Waals surface area contributed by atoms with Crippen molar-refractivity contribution in [1.29, 1.82) is 0 Å². The number of anilines is 1. The van der Waals surface area contributed by atoms with Gasteiger partial charge in [-0.3, -0.25) is 9.36 Å². The predicted molar refractivity (Wildman–Crippen MR) is 97.8 cm³/mol. The SMILES string of the molecule is Nc1ncnc2c1ncn2[C@@H]1O[C@H](COC(=O)c2cccc(C=O)c2)[C@@H](O)[C@H]1O. The predicted octanol–water partition coefficient (Wildman–Crippen LogP) is -0.303. The van der Waals surface area contributed by atoms with E-state index in [1.54, 1.807) is 12.1 Å². The number of rotatable bonds is 5. The van der Waals surface area contributed by atoms with Crippen LogP contribution >= 0.6 is 0 Å². The summed E-state index contributed by atoms with van der Waals surface area (Å²) in [4.78, 5) is 35.1. The Bertz CT molecular complexity index is 1070. The maximum atomic E-state index is 12.2. The van der Waals surface area contributed by atoms with E-state index < -0.39 is 30.5 Å². The molecular weight excluding hydrogens is 382 g/mol. The molecule has 3 aromatic rings. The molecule has 150 valence electrons. The summed E-state index contributed by atoms with van der Waals surface area (Å²) < 4.78 is 12.3. The largest absolute Gasteiger partial charge is 0.459 e. The minimum absolute atomic E-state index is 0.171. The number of nitrogen functional groups attached to an aromatic ring is 1. The van der Waals surface area contributed by atoms with Gasteiger partial charge in [0.05, 0.1) is 11.9 Å². The molecule has 1 aliphatic rings. The molecule has 4 atom stereocenters. The van der Waals surface area contributed by atoms with Crippen LogP contribution in [0.2, 0.25) is 0 Å². The monoisotopic (exact) mass is 399 g/mol. The number of carbonyl (C=O) groups excluding carboxylic acids is 2. The van der Waals surface area contributed by atoms with Crippen LogP contribution in [0.4, 0.5) is 5.82 Å². The third kappa shape index (κ3) is 3.42. The molecule has 11 nitrogen and oxygen atoms in total. The molecule has 0 saturated carbocycles. The summed E-state index contributed by atoms with van der Waals surface area (Å²) in [7, 11) is 0. The minimum atomic E-state index is -1.31. The van der Waals surface area contributed by atoms with E-state index in [2.05, 4.69) is 15.0 Å². The molecule has 1 saturated heterocycles. The van der Waals surface area contributed by atoms with Gasteiger partial charge >= 0.3 is 5.97 Å². The molecule has 1 aliphatic heterocycles. The van der Waals surface area contributed by atoms with Gasteiger partial charge in [-0.25, -0.2) is 19.7 Å². The van der Waals surface area contributed by atoms with Crippen molar-refractivity contribution < 1.29 is 29.3 Å². The number of imidazole rings is 1. The summed E-state index contributed by atoms with van der Waals surface area (Å²) in [5, 5.41) is 20.7. The van der Waals surface area contributed by atoms with E-state index in [9.17, 15) is 19.8 Å². The summed E-state index contributed by atoms with van der Waals surface area (Å²) in [6.07, 6.45) is -1.38. The van der Waals surface area contributed by atoms with Gasteiger partial charge in [-0.15, -0.1) is 0 Å². The van der Waals surface area contributed by atoms with Crippen molar-refractivity contribution in [2.75, 3.05) is 12.3 Å². The van der Waals surface area contributed by atoms with Crippen LogP contribution in [0.3, 0.4) is 0 Å². The zero-order chi connectivity index (χ0) is 20.5. The van der Waals surface area contributed by atoms with Gasteiger partial charge < -0.3 is 25.4 Å². The van der Waals surface area contributed by atoms with Gasteiger partial charge in [0.25, 0.3) is 0 Å². The van der Waals surface area contributed by atoms with E-state index in [-0.39, 0.29) is 18.0 Å². The quantitative estimate of drug-likeness (QED) is 0.383. The molecule has 2 aromatic heterocycles. The summed E-state index contributed by atoms with van der Waals surface area (Å²) in [5.41, 5.74) is 6.94. The lowest BCUT2D eigenvalue weighted by Gasteiger charge is -2.16. The molecule has 29 heavy (non-hydrogen) atoms. The molecule has 3 heterocycles. The first-order valence-electron chi connectivity index (χ1n) is 8.66. The van der Waals surface area contributed by atoms with Gasteiger partial charge in [0.15, 0.2) is 17.7 Å². The van der Waals surface area contributed by atoms with Gasteiger partial charge in [0, 0.05) is 5.56 Å². The second-order valence-electron chi connectivity index (χ2n) is 6.47. The Morgan fingerprint density at radius 3 is 2.90 bits per heavy atom. The van der Waals surface area contributed by atoms with E-state index in [0.717, 1.165) is 0 Å². The lowest BCUT2D eigenvalue weighted by Crippen LogP contribution is -2.34. The molecular formula is C18H17N5O6. The van der Waals surface area contributed by atoms with Crippen molar-refractivity contribution >= 4 is 29.2 Å². The van der Waals surface area contributed by atoms with Crippen molar-refractivity contribution in [2.24, 2.45) is 0 Å². The number of aromatic nitrogens is 4. The number of aldehydes is 1. The van der Waals surface area contributed by atoms with Crippen LogP contribution in [0.25, 0.3) is 11.2 Å². The number of nitrogens with zero attached hydrogens (tertiary/aromatic N) is 4. The number of carbonyl (C=O) groups is 2. The summed E-state index contributed by atoms with van der Waals surface area (Å²) in [6.45, 7) is -0.303. The Morgan fingerprint density at radius 1 is 1.28 bits per heavy atom. The normalized spacial score (nSPS) is 23.9. The van der Waals surface area contributed by atoms with Crippen LogP contribution in [-0.2, 0) is 9.47 Å². The topological polar surface area (TPSA) is 163 Å². The van der Waals surface area contributed by atoms with Crippen LogP contribution < -0.4 is 5.73 Å². The first kappa shape index (κ1) is 18.9. The van der Waals surface area contributed by atoms with Crippen molar-refractivity contribution in [3.8, 4) is 0 Å². The highest BCUT2D eigenvalue weighted by Crippen LogP contribution is 2.32. The number of benzene rings is 1. The number of aliphatic hydroxyl groups excluding tert-OH is 2. The fraction of sp³-hybridized carbons (Fsp3) is 0.278. The average Bonchev–Trinajstić information content (AvgIpc) is 3.29. The summed E-state index contributed by atoms with van der Waals surface area (Å²) in [6, 6.07) is 6.00. The lowest BCUT2D eigenvalue weighted by atomic mass is 10.1. The molecule has 0 bridgehead atoms. The zero-order valence-electron chi connectivity index (χ0n) is 15.0. The van der Waals surface area contributed by atoms with Crippen molar-refractivity contribution in [2.45, 2.75) is 24.5 Å². The fourth-order valence-electron chi connectivity index (χ4n) is 3.13. The van der Waals surface area contributed by atoms with Crippen LogP contribution in [0.15, 0.2) is 36.9 Å². The van der Waals surface area contributed by atoms with Crippen LogP contribution in [0.1, 0.15) is 26.9 Å². The van der Waals surface area contributed by atoms with Crippen LogP contribution in [0, 0.1) is 0 Å². The molecule has 1 fully saturated rings. The fourth-order valence-corrected chi connectivity index (χ4v) is 3.13. The summed E-state index contributed by atoms with van der Waals surface area (Å²) >= 11 is 0. The number of hydrogen-bond donors (Lipinski definition) is 3. The second-order valence-corrected chi connectivity index (χ2v) is 6.47. The number of nitrogens with two attached hydrogens (primary N) is 1. The van der Waals surface area contributed by atoms with E-state index in [1.165, 1.54) is 29.4 Å². The van der Waals surface area contributed by atoms with Gasteiger partial charge in [0.1, 0.15) is 43.0 Å². The van der Waals surface area contributed by atoms with Crippen molar-refractivity contribution in [1.82, 2.24) is 19.5 Å². The minimum Gasteiger partial charge on any atom is -0.459 e. The maximum absolute atomic E-state index is 12.2. The molecule has 0 amide bonds. The lowest BCUT2D eigenvalue weighted by molar-refractivity contribution is -0.0565. The van der Waals surface area contributed by atoms with Gasteiger partial charge in [0.2, 0.25) is 0 Å². The average molecular weight is 399 g/mol. The second kappa shape index (κ2) is 7.54. The van der Waals surface area contributed by atoms with E-state index in [4.69, 9.17) is 15.2 Å². The van der Waals surface area contributed by atoms with Gasteiger partial charge in [-0.1, -0.05) is 12.1 Å². The molecule has 1 aromatic carbocycles. The number of hydrogen-bond acceptors (Lipinski definition) is 10. The standard InChI is InChI=1S/C18H17N5O6/c19-15-12-16(21-7-20-15)23(8-22-12)17-14(26)13(25)11(29-17)6-28-18(27)10-3-1-2-9(4-10)5-24/h1-5,7-8,11,13-14,17,25-26H,6H2,(H2,19,20,21)/t11-,13-,14-,17-/m1/s1. The Morgan fingerprint density at radius 2 is 2.10 bits per heavy atom. The smallest absolute Gasteiger partial charge is 0.338 e. The number of ether oxygens (including phenoxy) is 2. The molecule has 0 unspecified atom stereocenters. The van der Waals surface area contributed by atoms with Crippen LogP contribution in [-0.4, -0.2) is 66.9 Å². The molecule has 11 heteroatoms. The summed E-state index contributed by atoms with van der Waals surface area (Å²) in [5.74, 6) is -0.513. The van der Waals surface area contributed by atoms with Crippen molar-refractivity contribution in [3.05, 3.63) is 48.0 Å². The first-order valence-corrected chi connectivity index (χ1v) is 8.66. The molecule has 4 N–H and O–H groups in total. The Balaban J connectivity index is 1.48.